The average molecular weight is 226 g/mol. The predicted octanol–water partition coefficient (Wildman–Crippen LogP) is 0.268. The molecule has 1 aromatic carbocycles. The van der Waals surface area contributed by atoms with Gasteiger partial charge in [0.15, 0.2) is 6.10 Å². The SMILES string of the molecule is COC(=O)C(O)C(O)c1ccc(C)cc1O. The molecule has 0 aromatic heterocycles. The highest BCUT2D eigenvalue weighted by Crippen LogP contribution is 2.27. The van der Waals surface area contributed by atoms with E-state index in [2.05, 4.69) is 4.74 Å². The summed E-state index contributed by atoms with van der Waals surface area (Å²) in [7, 11) is 1.10. The zero-order valence-electron chi connectivity index (χ0n) is 9.04. The number of benzene rings is 1. The molecule has 0 saturated heterocycles. The average Bonchev–Trinajstić information content (AvgIpc) is 2.26. The molecule has 1 rings (SSSR count). The highest BCUT2D eigenvalue weighted by atomic mass is 16.5. The third kappa shape index (κ3) is 2.50. The van der Waals surface area contributed by atoms with Gasteiger partial charge >= 0.3 is 5.97 Å². The van der Waals surface area contributed by atoms with Crippen LogP contribution in [0.3, 0.4) is 0 Å². The number of phenolic OH excluding ortho intramolecular Hbond substituents is 1. The van der Waals surface area contributed by atoms with E-state index in [1.54, 1.807) is 13.0 Å². The molecule has 0 radical (unpaired) electrons. The number of ether oxygens (including phenoxy) is 1. The number of phenols is 1. The summed E-state index contributed by atoms with van der Waals surface area (Å²) in [5.74, 6) is -1.12. The second-order valence-electron chi connectivity index (χ2n) is 3.48. The number of hydrogen-bond acceptors (Lipinski definition) is 5. The Labute approximate surface area is 92.9 Å². The van der Waals surface area contributed by atoms with E-state index in [0.717, 1.165) is 12.7 Å². The van der Waals surface area contributed by atoms with Gasteiger partial charge in [0.1, 0.15) is 11.9 Å². The fourth-order valence-electron chi connectivity index (χ4n) is 1.32. The van der Waals surface area contributed by atoms with Crippen molar-refractivity contribution in [2.75, 3.05) is 7.11 Å². The van der Waals surface area contributed by atoms with Crippen LogP contribution in [0.25, 0.3) is 0 Å². The van der Waals surface area contributed by atoms with Gasteiger partial charge in [-0.3, -0.25) is 0 Å². The second-order valence-corrected chi connectivity index (χ2v) is 3.48. The van der Waals surface area contributed by atoms with Crippen molar-refractivity contribution in [2.24, 2.45) is 0 Å². The van der Waals surface area contributed by atoms with Crippen LogP contribution in [0.1, 0.15) is 17.2 Å². The maximum absolute atomic E-state index is 11.0. The predicted molar refractivity (Wildman–Crippen MR) is 55.8 cm³/mol. The maximum atomic E-state index is 11.0. The number of carbonyl (C=O) groups excluding carboxylic acids is 1. The third-order valence-corrected chi connectivity index (χ3v) is 2.25. The van der Waals surface area contributed by atoms with E-state index in [9.17, 15) is 20.1 Å². The fourth-order valence-corrected chi connectivity index (χ4v) is 1.32. The summed E-state index contributed by atoms with van der Waals surface area (Å²) < 4.78 is 4.29. The zero-order chi connectivity index (χ0) is 12.3. The maximum Gasteiger partial charge on any atom is 0.337 e. The Morgan fingerprint density at radius 1 is 1.38 bits per heavy atom. The molecule has 88 valence electrons. The summed E-state index contributed by atoms with van der Waals surface area (Å²) in [4.78, 5) is 11.0. The van der Waals surface area contributed by atoms with E-state index >= 15 is 0 Å². The number of methoxy groups -OCH3 is 1. The molecule has 0 spiro atoms. The van der Waals surface area contributed by atoms with Gasteiger partial charge in [0.25, 0.3) is 0 Å². The number of esters is 1. The van der Waals surface area contributed by atoms with Crippen LogP contribution in [0.15, 0.2) is 18.2 Å². The topological polar surface area (TPSA) is 87.0 Å². The molecule has 3 N–H and O–H groups in total. The van der Waals surface area contributed by atoms with Crippen molar-refractivity contribution >= 4 is 5.97 Å². The molecule has 5 heteroatoms. The monoisotopic (exact) mass is 226 g/mol. The van der Waals surface area contributed by atoms with Crippen LogP contribution in [-0.2, 0) is 9.53 Å². The lowest BCUT2D eigenvalue weighted by Crippen LogP contribution is -2.29. The minimum absolute atomic E-state index is 0.0866. The molecule has 0 heterocycles. The minimum atomic E-state index is -1.71. The molecule has 0 aliphatic rings. The highest BCUT2D eigenvalue weighted by Gasteiger charge is 2.28. The van der Waals surface area contributed by atoms with Crippen molar-refractivity contribution in [3.8, 4) is 5.75 Å². The molecule has 2 unspecified atom stereocenters. The lowest BCUT2D eigenvalue weighted by Gasteiger charge is -2.17. The highest BCUT2D eigenvalue weighted by molar-refractivity contribution is 5.75. The van der Waals surface area contributed by atoms with Crippen molar-refractivity contribution in [3.05, 3.63) is 29.3 Å². The molecule has 5 nitrogen and oxygen atoms in total. The van der Waals surface area contributed by atoms with Gasteiger partial charge < -0.3 is 20.1 Å². The Morgan fingerprint density at radius 3 is 2.50 bits per heavy atom. The number of aromatic hydroxyl groups is 1. The van der Waals surface area contributed by atoms with Gasteiger partial charge in [-0.2, -0.15) is 0 Å². The van der Waals surface area contributed by atoms with Crippen LogP contribution in [0.5, 0.6) is 5.75 Å². The lowest BCUT2D eigenvalue weighted by atomic mass is 10.0. The van der Waals surface area contributed by atoms with Crippen LogP contribution in [0.2, 0.25) is 0 Å². The third-order valence-electron chi connectivity index (χ3n) is 2.25. The summed E-state index contributed by atoms with van der Waals surface area (Å²) in [6.45, 7) is 1.77. The van der Waals surface area contributed by atoms with Crippen LogP contribution in [-0.4, -0.2) is 34.5 Å². The number of hydrogen-bond donors (Lipinski definition) is 3. The Morgan fingerprint density at radius 2 is 2.00 bits per heavy atom. The van der Waals surface area contributed by atoms with Crippen molar-refractivity contribution in [1.29, 1.82) is 0 Å². The molecule has 0 aliphatic heterocycles. The molecule has 0 saturated carbocycles. The van der Waals surface area contributed by atoms with Crippen molar-refractivity contribution < 1.29 is 24.9 Å². The summed E-state index contributed by atoms with van der Waals surface area (Å²) >= 11 is 0. The summed E-state index contributed by atoms with van der Waals surface area (Å²) in [6, 6.07) is 4.53. The molecular formula is C11H14O5. The van der Waals surface area contributed by atoms with E-state index in [4.69, 9.17) is 0 Å². The summed E-state index contributed by atoms with van der Waals surface area (Å²) in [6.07, 6.45) is -3.22. The smallest absolute Gasteiger partial charge is 0.337 e. The molecule has 16 heavy (non-hydrogen) atoms. The van der Waals surface area contributed by atoms with E-state index in [1.807, 2.05) is 0 Å². The molecule has 0 amide bonds. The Balaban J connectivity index is 2.96. The molecule has 1 aromatic rings. The van der Waals surface area contributed by atoms with Gasteiger partial charge in [0.2, 0.25) is 0 Å². The van der Waals surface area contributed by atoms with Crippen molar-refractivity contribution in [3.63, 3.8) is 0 Å². The molecular weight excluding hydrogens is 212 g/mol. The first-order chi connectivity index (χ1) is 7.47. The standard InChI is InChI=1S/C11H14O5/c1-6-3-4-7(8(12)5-6)9(13)10(14)11(15)16-2/h3-5,9-10,12-14H,1-2H3. The quantitative estimate of drug-likeness (QED) is 0.644. The summed E-state index contributed by atoms with van der Waals surface area (Å²) in [5.41, 5.74) is 0.893. The van der Waals surface area contributed by atoms with E-state index < -0.39 is 18.2 Å². The van der Waals surface area contributed by atoms with Crippen molar-refractivity contribution in [2.45, 2.75) is 19.1 Å². The van der Waals surface area contributed by atoms with Crippen molar-refractivity contribution in [1.82, 2.24) is 0 Å². The summed E-state index contributed by atoms with van der Waals surface area (Å²) in [5, 5.41) is 28.6. The van der Waals surface area contributed by atoms with Crippen LogP contribution >= 0.6 is 0 Å². The normalized spacial score (nSPS) is 14.2. The second kappa shape index (κ2) is 4.96. The lowest BCUT2D eigenvalue weighted by molar-refractivity contribution is -0.156. The van der Waals surface area contributed by atoms with Gasteiger partial charge in [-0.05, 0) is 18.6 Å². The van der Waals surface area contributed by atoms with Crippen LogP contribution < -0.4 is 0 Å². The van der Waals surface area contributed by atoms with Crippen LogP contribution in [0.4, 0.5) is 0 Å². The molecule has 0 aliphatic carbocycles. The largest absolute Gasteiger partial charge is 0.508 e. The van der Waals surface area contributed by atoms with E-state index in [0.29, 0.717) is 0 Å². The Hall–Kier alpha value is -1.59. The first-order valence-corrected chi connectivity index (χ1v) is 4.71. The van der Waals surface area contributed by atoms with E-state index in [-0.39, 0.29) is 11.3 Å². The van der Waals surface area contributed by atoms with E-state index in [1.165, 1.54) is 12.1 Å². The Bertz CT molecular complexity index is 388. The first-order valence-electron chi connectivity index (χ1n) is 4.71. The fraction of sp³-hybridized carbons (Fsp3) is 0.364. The van der Waals surface area contributed by atoms with Gasteiger partial charge in [-0.1, -0.05) is 12.1 Å². The number of carbonyl (C=O) groups is 1. The molecule has 2 atom stereocenters. The van der Waals surface area contributed by atoms with Gasteiger partial charge in [0.05, 0.1) is 7.11 Å². The minimum Gasteiger partial charge on any atom is -0.508 e. The number of aliphatic hydroxyl groups excluding tert-OH is 2. The van der Waals surface area contributed by atoms with Gasteiger partial charge in [-0.25, -0.2) is 4.79 Å². The number of rotatable bonds is 3. The molecule has 0 fully saturated rings. The van der Waals surface area contributed by atoms with Gasteiger partial charge in [-0.15, -0.1) is 0 Å². The first kappa shape index (κ1) is 12.5. The number of aryl methyl sites for hydroxylation is 1. The molecule has 0 bridgehead atoms. The van der Waals surface area contributed by atoms with Crippen LogP contribution in [0, 0.1) is 6.92 Å². The number of aliphatic hydroxyl groups is 2. The zero-order valence-corrected chi connectivity index (χ0v) is 9.04. The van der Waals surface area contributed by atoms with Gasteiger partial charge in [0, 0.05) is 5.56 Å². The Kier molecular flexibility index (Phi) is 3.87.